The maximum absolute atomic E-state index is 13.6. The van der Waals surface area contributed by atoms with Crippen molar-refractivity contribution in [3.8, 4) is 28.6 Å². The number of para-hydroxylation sites is 1. The molecule has 0 saturated carbocycles. The summed E-state index contributed by atoms with van der Waals surface area (Å²) in [5.41, 5.74) is 2.14. The molecule has 0 fully saturated rings. The Morgan fingerprint density at radius 2 is 1.35 bits per heavy atom. The second-order valence-electron chi connectivity index (χ2n) is 10.4. The first kappa shape index (κ1) is 32.0. The van der Waals surface area contributed by atoms with Gasteiger partial charge in [0, 0.05) is 25.5 Å². The van der Waals surface area contributed by atoms with Crippen LogP contribution in [0.25, 0.3) is 22.3 Å². The normalized spacial score (nSPS) is 10.8. The Hall–Kier alpha value is -5.41. The van der Waals surface area contributed by atoms with Crippen LogP contribution >= 0.6 is 0 Å². The number of carbonyl (C=O) groups is 2. The van der Waals surface area contributed by atoms with Gasteiger partial charge in [-0.15, -0.1) is 0 Å². The van der Waals surface area contributed by atoms with Gasteiger partial charge in [0.15, 0.2) is 24.1 Å². The first-order valence-electron chi connectivity index (χ1n) is 14.9. The van der Waals surface area contributed by atoms with Gasteiger partial charge in [0.05, 0.1) is 5.39 Å². The maximum Gasteiger partial charge on any atom is 0.311 e. The zero-order valence-corrected chi connectivity index (χ0v) is 25.4. The van der Waals surface area contributed by atoms with Gasteiger partial charge >= 0.3 is 11.9 Å². The summed E-state index contributed by atoms with van der Waals surface area (Å²) in [7, 11) is 1.51. The topological polar surface area (TPSA) is 110 Å². The van der Waals surface area contributed by atoms with Crippen molar-refractivity contribution in [1.29, 1.82) is 0 Å². The predicted molar refractivity (Wildman–Crippen MR) is 172 cm³/mol. The Labute approximate surface area is 266 Å². The molecule has 0 atom stereocenters. The summed E-state index contributed by atoms with van der Waals surface area (Å²) in [5, 5.41) is 0.274. The Morgan fingerprint density at radius 1 is 0.696 bits per heavy atom. The van der Waals surface area contributed by atoms with E-state index in [9.17, 15) is 14.4 Å². The maximum atomic E-state index is 13.6. The third kappa shape index (κ3) is 8.61. The Morgan fingerprint density at radius 3 is 2.07 bits per heavy atom. The van der Waals surface area contributed by atoms with Crippen LogP contribution in [0.1, 0.15) is 36.8 Å². The summed E-state index contributed by atoms with van der Waals surface area (Å²) in [4.78, 5) is 38.7. The van der Waals surface area contributed by atoms with Gasteiger partial charge in [-0.2, -0.15) is 0 Å². The van der Waals surface area contributed by atoms with Crippen LogP contribution in [0.3, 0.4) is 0 Å². The molecule has 0 aliphatic heterocycles. The van der Waals surface area contributed by atoms with Gasteiger partial charge in [0.2, 0.25) is 11.2 Å². The lowest BCUT2D eigenvalue weighted by Crippen LogP contribution is -2.16. The Bertz CT molecular complexity index is 1810. The summed E-state index contributed by atoms with van der Waals surface area (Å²) in [6.07, 6.45) is 0.948. The molecule has 0 bridgehead atoms. The second-order valence-corrected chi connectivity index (χ2v) is 10.4. The van der Waals surface area contributed by atoms with E-state index in [1.807, 2.05) is 60.7 Å². The molecule has 0 aliphatic rings. The molecule has 0 N–H and O–H groups in total. The summed E-state index contributed by atoms with van der Waals surface area (Å²) < 4.78 is 34.0. The molecule has 0 unspecified atom stereocenters. The van der Waals surface area contributed by atoms with E-state index in [-0.39, 0.29) is 55.7 Å². The lowest BCUT2D eigenvalue weighted by atomic mass is 10.1. The van der Waals surface area contributed by atoms with E-state index in [4.69, 9.17) is 28.1 Å². The lowest BCUT2D eigenvalue weighted by Gasteiger charge is -2.15. The molecule has 9 heteroatoms. The first-order valence-corrected chi connectivity index (χ1v) is 14.9. The predicted octanol–water partition coefficient (Wildman–Crippen LogP) is 7.23. The van der Waals surface area contributed by atoms with Crippen LogP contribution in [0.4, 0.5) is 0 Å². The number of carbonyl (C=O) groups excluding carboxylic acids is 2. The summed E-state index contributed by atoms with van der Waals surface area (Å²) >= 11 is 0. The molecule has 0 saturated heterocycles. The number of methoxy groups -OCH3 is 1. The zero-order valence-electron chi connectivity index (χ0n) is 25.4. The third-order valence-corrected chi connectivity index (χ3v) is 7.00. The van der Waals surface area contributed by atoms with E-state index < -0.39 is 11.4 Å². The van der Waals surface area contributed by atoms with Crippen LogP contribution in [-0.4, -0.2) is 25.8 Å². The van der Waals surface area contributed by atoms with Crippen molar-refractivity contribution < 1.29 is 37.7 Å². The molecular weight excluding hydrogens is 588 g/mol. The number of hydrogen-bond acceptors (Lipinski definition) is 9. The number of unbranched alkanes of at least 4 members (excludes halogenated alkanes) is 1. The average Bonchev–Trinajstić information content (AvgIpc) is 3.09. The fraction of sp³-hybridized carbons (Fsp3) is 0.216. The molecular formula is C37H34O9. The number of esters is 2. The van der Waals surface area contributed by atoms with E-state index in [1.165, 1.54) is 7.11 Å². The fourth-order valence-corrected chi connectivity index (χ4v) is 4.66. The van der Waals surface area contributed by atoms with Crippen LogP contribution in [0.2, 0.25) is 0 Å². The quantitative estimate of drug-likeness (QED) is 0.0678. The molecule has 1 heterocycles. The third-order valence-electron chi connectivity index (χ3n) is 7.00. The molecule has 0 radical (unpaired) electrons. The molecule has 1 aromatic heterocycles. The largest absolute Gasteiger partial charge is 0.485 e. The highest BCUT2D eigenvalue weighted by atomic mass is 16.7. The first-order chi connectivity index (χ1) is 22.5. The van der Waals surface area contributed by atoms with E-state index in [0.717, 1.165) is 11.1 Å². The van der Waals surface area contributed by atoms with Crippen molar-refractivity contribution in [3.05, 3.63) is 124 Å². The highest BCUT2D eigenvalue weighted by Gasteiger charge is 2.22. The lowest BCUT2D eigenvalue weighted by molar-refractivity contribution is -0.145. The second kappa shape index (κ2) is 16.1. The highest BCUT2D eigenvalue weighted by Crippen LogP contribution is 2.37. The molecule has 46 heavy (non-hydrogen) atoms. The van der Waals surface area contributed by atoms with Crippen molar-refractivity contribution in [1.82, 2.24) is 0 Å². The van der Waals surface area contributed by atoms with Crippen molar-refractivity contribution in [2.45, 2.75) is 38.9 Å². The van der Waals surface area contributed by atoms with Gasteiger partial charge in [0.25, 0.3) is 0 Å². The van der Waals surface area contributed by atoms with Crippen molar-refractivity contribution >= 4 is 22.9 Å². The smallest absolute Gasteiger partial charge is 0.311 e. The van der Waals surface area contributed by atoms with Crippen LogP contribution in [0.15, 0.2) is 112 Å². The number of hydrogen-bond donors (Lipinski definition) is 0. The number of rotatable bonds is 15. The van der Waals surface area contributed by atoms with Crippen LogP contribution in [0, 0.1) is 0 Å². The Balaban J connectivity index is 1.32. The minimum absolute atomic E-state index is 0.000285. The molecule has 0 aliphatic carbocycles. The summed E-state index contributed by atoms with van der Waals surface area (Å²) in [6, 6.07) is 30.8. The molecule has 5 rings (SSSR count). The van der Waals surface area contributed by atoms with Gasteiger partial charge in [-0.1, -0.05) is 72.8 Å². The SMILES string of the molecule is COCOc1ccc(-c2oc3ccccc3c(=O)c2OC(=O)CCCCC(=O)OCc2ccccc2)cc1OCc1ccccc1. The molecule has 0 amide bonds. The molecule has 236 valence electrons. The van der Waals surface area contributed by atoms with Gasteiger partial charge in [-0.25, -0.2) is 0 Å². The minimum atomic E-state index is -0.623. The molecule has 9 nitrogen and oxygen atoms in total. The van der Waals surface area contributed by atoms with Gasteiger partial charge in [0.1, 0.15) is 18.8 Å². The van der Waals surface area contributed by atoms with Gasteiger partial charge in [-0.05, 0) is 54.3 Å². The number of ether oxygens (including phenoxy) is 5. The molecule has 0 spiro atoms. The summed E-state index contributed by atoms with van der Waals surface area (Å²) in [5.74, 6) is -0.328. The van der Waals surface area contributed by atoms with Crippen molar-refractivity contribution in [3.63, 3.8) is 0 Å². The van der Waals surface area contributed by atoms with E-state index in [0.29, 0.717) is 35.5 Å². The van der Waals surface area contributed by atoms with Crippen LogP contribution in [-0.2, 0) is 32.3 Å². The average molecular weight is 623 g/mol. The monoisotopic (exact) mass is 622 g/mol. The van der Waals surface area contributed by atoms with E-state index in [2.05, 4.69) is 0 Å². The van der Waals surface area contributed by atoms with Crippen LogP contribution in [0.5, 0.6) is 17.2 Å². The Kier molecular flexibility index (Phi) is 11.2. The van der Waals surface area contributed by atoms with Gasteiger partial charge < -0.3 is 28.1 Å². The molecule has 5 aromatic rings. The fourth-order valence-electron chi connectivity index (χ4n) is 4.66. The van der Waals surface area contributed by atoms with Crippen LogP contribution < -0.4 is 19.6 Å². The van der Waals surface area contributed by atoms with E-state index >= 15 is 0 Å². The van der Waals surface area contributed by atoms with Crippen molar-refractivity contribution in [2.24, 2.45) is 0 Å². The summed E-state index contributed by atoms with van der Waals surface area (Å²) in [6.45, 7) is 0.456. The number of fused-ring (bicyclic) bond motifs is 1. The van der Waals surface area contributed by atoms with Gasteiger partial charge in [-0.3, -0.25) is 14.4 Å². The zero-order chi connectivity index (χ0) is 32.1. The van der Waals surface area contributed by atoms with E-state index in [1.54, 1.807) is 42.5 Å². The minimum Gasteiger partial charge on any atom is -0.485 e. The number of benzene rings is 4. The molecule has 4 aromatic carbocycles. The van der Waals surface area contributed by atoms with Crippen molar-refractivity contribution in [2.75, 3.05) is 13.9 Å². The standard InChI is InChI=1S/C37H34O9/c1-41-25-44-31-21-20-28(22-32(31)42-23-26-12-4-2-5-13-26)36-37(35(40)29-16-8-9-17-30(29)45-36)46-34(39)19-11-10-18-33(38)43-24-27-14-6-3-7-15-27/h2-9,12-17,20-22H,10-11,18-19,23-25H2,1H3. The highest BCUT2D eigenvalue weighted by molar-refractivity contribution is 5.84.